The third kappa shape index (κ3) is 3.32. The van der Waals surface area contributed by atoms with E-state index in [0.717, 1.165) is 25.7 Å². The van der Waals surface area contributed by atoms with Crippen LogP contribution in [0, 0.1) is 5.92 Å². The summed E-state index contributed by atoms with van der Waals surface area (Å²) in [7, 11) is 1.88. The first kappa shape index (κ1) is 13.2. The van der Waals surface area contributed by atoms with Crippen LogP contribution in [0.25, 0.3) is 0 Å². The summed E-state index contributed by atoms with van der Waals surface area (Å²) in [5.41, 5.74) is 0. The van der Waals surface area contributed by atoms with Gasteiger partial charge < -0.3 is 4.90 Å². The number of Topliss-reactive ketones (excluding diaryl/α,β-unsaturated/α-hetero) is 1. The summed E-state index contributed by atoms with van der Waals surface area (Å²) < 4.78 is 0. The molecule has 1 amide bonds. The van der Waals surface area contributed by atoms with Gasteiger partial charge in [0.2, 0.25) is 5.91 Å². The van der Waals surface area contributed by atoms with Crippen molar-refractivity contribution in [3.05, 3.63) is 0 Å². The zero-order valence-corrected chi connectivity index (χ0v) is 10.7. The van der Waals surface area contributed by atoms with Crippen molar-refractivity contribution in [1.29, 1.82) is 0 Å². The van der Waals surface area contributed by atoms with Crippen LogP contribution in [-0.2, 0) is 9.59 Å². The Labute approximate surface area is 98.2 Å². The molecule has 1 aliphatic carbocycles. The summed E-state index contributed by atoms with van der Waals surface area (Å²) in [4.78, 5) is 25.1. The smallest absolute Gasteiger partial charge is 0.225 e. The molecule has 0 bridgehead atoms. The Hall–Kier alpha value is -0.860. The predicted molar refractivity (Wildman–Crippen MR) is 64.1 cm³/mol. The molecule has 0 aromatic heterocycles. The van der Waals surface area contributed by atoms with Gasteiger partial charge in [0.05, 0.1) is 0 Å². The van der Waals surface area contributed by atoms with Gasteiger partial charge in [0.1, 0.15) is 5.78 Å². The van der Waals surface area contributed by atoms with Crippen molar-refractivity contribution in [3.8, 4) is 0 Å². The van der Waals surface area contributed by atoms with E-state index in [1.807, 2.05) is 18.9 Å². The molecule has 1 rings (SSSR count). The molecule has 1 atom stereocenters. The molecule has 0 spiro atoms. The van der Waals surface area contributed by atoms with Gasteiger partial charge in [-0.3, -0.25) is 9.59 Å². The van der Waals surface area contributed by atoms with Crippen LogP contribution in [-0.4, -0.2) is 29.7 Å². The average Bonchev–Trinajstić information content (AvgIpc) is 2.28. The molecule has 0 radical (unpaired) electrons. The summed E-state index contributed by atoms with van der Waals surface area (Å²) >= 11 is 0. The molecule has 0 aliphatic heterocycles. The van der Waals surface area contributed by atoms with Gasteiger partial charge in [-0.05, 0) is 19.3 Å². The van der Waals surface area contributed by atoms with Crippen molar-refractivity contribution in [2.45, 2.75) is 58.4 Å². The van der Waals surface area contributed by atoms with E-state index in [4.69, 9.17) is 0 Å². The summed E-state index contributed by atoms with van der Waals surface area (Å²) in [6.07, 6.45) is 4.98. The second-order valence-corrected chi connectivity index (χ2v) is 4.91. The third-order valence-electron chi connectivity index (χ3n) is 3.55. The first-order valence-electron chi connectivity index (χ1n) is 6.34. The lowest BCUT2D eigenvalue weighted by atomic mass is 9.92. The van der Waals surface area contributed by atoms with Gasteiger partial charge in [0, 0.05) is 31.8 Å². The Bertz CT molecular complexity index is 253. The fraction of sp³-hybridized carbons (Fsp3) is 0.846. The first-order valence-corrected chi connectivity index (χ1v) is 6.34. The lowest BCUT2D eigenvalue weighted by molar-refractivity contribution is -0.138. The molecule has 0 aromatic rings. The molecular formula is C13H23NO2. The number of nitrogens with zero attached hydrogens (tertiary/aromatic N) is 1. The lowest BCUT2D eigenvalue weighted by Crippen LogP contribution is -2.42. The van der Waals surface area contributed by atoms with E-state index in [0.29, 0.717) is 18.6 Å². The van der Waals surface area contributed by atoms with Gasteiger partial charge in [-0.1, -0.05) is 20.3 Å². The van der Waals surface area contributed by atoms with Crippen LogP contribution in [0.3, 0.4) is 0 Å². The van der Waals surface area contributed by atoms with Gasteiger partial charge in [-0.2, -0.15) is 0 Å². The molecule has 1 unspecified atom stereocenters. The van der Waals surface area contributed by atoms with Gasteiger partial charge in [0.15, 0.2) is 0 Å². The molecule has 3 nitrogen and oxygen atoms in total. The van der Waals surface area contributed by atoms with Crippen LogP contribution in [0.5, 0.6) is 0 Å². The van der Waals surface area contributed by atoms with Crippen molar-refractivity contribution < 1.29 is 9.59 Å². The van der Waals surface area contributed by atoms with Gasteiger partial charge in [-0.25, -0.2) is 0 Å². The van der Waals surface area contributed by atoms with E-state index in [1.54, 1.807) is 0 Å². The molecule has 16 heavy (non-hydrogen) atoms. The van der Waals surface area contributed by atoms with Crippen LogP contribution in [0.1, 0.15) is 52.4 Å². The van der Waals surface area contributed by atoms with Crippen LogP contribution in [0.4, 0.5) is 0 Å². The van der Waals surface area contributed by atoms with Gasteiger partial charge in [-0.15, -0.1) is 0 Å². The Kier molecular flexibility index (Phi) is 4.97. The van der Waals surface area contributed by atoms with E-state index in [2.05, 4.69) is 6.92 Å². The number of ketones is 1. The standard InChI is InChI=1S/C13H23NO2/c1-4-5-10(2)13(16)14(3)11-6-8-12(15)9-7-11/h10-11H,4-9H2,1-3H3. The fourth-order valence-corrected chi connectivity index (χ4v) is 2.40. The quantitative estimate of drug-likeness (QED) is 0.736. The highest BCUT2D eigenvalue weighted by Crippen LogP contribution is 2.21. The molecule has 1 aliphatic rings. The van der Waals surface area contributed by atoms with Crippen molar-refractivity contribution in [2.24, 2.45) is 5.92 Å². The highest BCUT2D eigenvalue weighted by molar-refractivity contribution is 5.81. The molecule has 0 heterocycles. The summed E-state index contributed by atoms with van der Waals surface area (Å²) in [6, 6.07) is 0.282. The second kappa shape index (κ2) is 6.02. The van der Waals surface area contributed by atoms with Crippen molar-refractivity contribution >= 4 is 11.7 Å². The Morgan fingerprint density at radius 2 is 2.00 bits per heavy atom. The number of rotatable bonds is 4. The number of hydrogen-bond donors (Lipinski definition) is 0. The highest BCUT2D eigenvalue weighted by Gasteiger charge is 2.27. The SMILES string of the molecule is CCCC(C)C(=O)N(C)C1CCC(=O)CC1. The minimum absolute atomic E-state index is 0.118. The Morgan fingerprint density at radius 3 is 2.50 bits per heavy atom. The van der Waals surface area contributed by atoms with E-state index < -0.39 is 0 Å². The Morgan fingerprint density at radius 1 is 1.44 bits per heavy atom. The van der Waals surface area contributed by atoms with E-state index in [1.165, 1.54) is 0 Å². The minimum atomic E-state index is 0.118. The normalized spacial score (nSPS) is 19.6. The van der Waals surface area contributed by atoms with E-state index in [9.17, 15) is 9.59 Å². The van der Waals surface area contributed by atoms with Crippen molar-refractivity contribution in [2.75, 3.05) is 7.05 Å². The number of carbonyl (C=O) groups is 2. The summed E-state index contributed by atoms with van der Waals surface area (Å²) in [6.45, 7) is 4.10. The van der Waals surface area contributed by atoms with Gasteiger partial charge >= 0.3 is 0 Å². The average molecular weight is 225 g/mol. The Balaban J connectivity index is 2.47. The zero-order chi connectivity index (χ0) is 12.1. The maximum Gasteiger partial charge on any atom is 0.225 e. The molecule has 0 aromatic carbocycles. The minimum Gasteiger partial charge on any atom is -0.343 e. The largest absolute Gasteiger partial charge is 0.343 e. The maximum atomic E-state index is 12.1. The van der Waals surface area contributed by atoms with Crippen molar-refractivity contribution in [1.82, 2.24) is 4.90 Å². The highest BCUT2D eigenvalue weighted by atomic mass is 16.2. The number of amides is 1. The molecule has 1 fully saturated rings. The zero-order valence-electron chi connectivity index (χ0n) is 10.7. The topological polar surface area (TPSA) is 37.4 Å². The number of carbonyl (C=O) groups excluding carboxylic acids is 2. The summed E-state index contributed by atoms with van der Waals surface area (Å²) in [5, 5.41) is 0. The van der Waals surface area contributed by atoms with Crippen LogP contribution in [0.15, 0.2) is 0 Å². The first-order chi connectivity index (χ1) is 7.56. The van der Waals surface area contributed by atoms with Crippen molar-refractivity contribution in [3.63, 3.8) is 0 Å². The fourth-order valence-electron chi connectivity index (χ4n) is 2.40. The second-order valence-electron chi connectivity index (χ2n) is 4.91. The van der Waals surface area contributed by atoms with E-state index in [-0.39, 0.29) is 17.9 Å². The summed E-state index contributed by atoms with van der Waals surface area (Å²) in [5.74, 6) is 0.701. The molecular weight excluding hydrogens is 202 g/mol. The monoisotopic (exact) mass is 225 g/mol. The molecule has 0 saturated heterocycles. The molecule has 92 valence electrons. The third-order valence-corrected chi connectivity index (χ3v) is 3.55. The predicted octanol–water partition coefficient (Wildman–Crippen LogP) is 2.39. The van der Waals surface area contributed by atoms with E-state index >= 15 is 0 Å². The van der Waals surface area contributed by atoms with Gasteiger partial charge in [0.25, 0.3) is 0 Å². The van der Waals surface area contributed by atoms with Crippen LogP contribution < -0.4 is 0 Å². The number of hydrogen-bond acceptors (Lipinski definition) is 2. The van der Waals surface area contributed by atoms with Crippen LogP contribution in [0.2, 0.25) is 0 Å². The molecule has 3 heteroatoms. The molecule has 0 N–H and O–H groups in total. The lowest BCUT2D eigenvalue weighted by Gasteiger charge is -2.32. The maximum absolute atomic E-state index is 12.1. The van der Waals surface area contributed by atoms with Crippen LogP contribution >= 0.6 is 0 Å². The molecule has 1 saturated carbocycles.